The van der Waals surface area contributed by atoms with Gasteiger partial charge in [0.25, 0.3) is 0 Å². The van der Waals surface area contributed by atoms with Gasteiger partial charge in [0, 0.05) is 0 Å². The van der Waals surface area contributed by atoms with Crippen molar-refractivity contribution in [1.29, 1.82) is 0 Å². The molecule has 2 aromatic rings. The van der Waals surface area contributed by atoms with Gasteiger partial charge in [0.15, 0.2) is 0 Å². The lowest BCUT2D eigenvalue weighted by molar-refractivity contribution is 0.337. The van der Waals surface area contributed by atoms with E-state index in [1.807, 2.05) is 28.9 Å². The Bertz CT molecular complexity index is 461. The molecular formula is C10H10N2O. The monoisotopic (exact) mass is 174 g/mol. The SMILES string of the molecule is C[C@H]1COc2c3ccccc3nn21. The second-order valence-corrected chi connectivity index (χ2v) is 3.43. The van der Waals surface area contributed by atoms with E-state index in [0.29, 0.717) is 6.04 Å². The highest BCUT2D eigenvalue weighted by Crippen LogP contribution is 2.32. The van der Waals surface area contributed by atoms with Crippen LogP contribution in [0.1, 0.15) is 13.0 Å². The first-order chi connectivity index (χ1) is 6.36. The van der Waals surface area contributed by atoms with Crippen LogP contribution in [0, 0.1) is 0 Å². The van der Waals surface area contributed by atoms with Crippen molar-refractivity contribution in [3.05, 3.63) is 24.3 Å². The Labute approximate surface area is 75.9 Å². The molecule has 1 aliphatic rings. The van der Waals surface area contributed by atoms with Crippen LogP contribution in [0.25, 0.3) is 10.9 Å². The fourth-order valence-electron chi connectivity index (χ4n) is 1.74. The molecule has 0 N–H and O–H groups in total. The molecule has 0 fully saturated rings. The summed E-state index contributed by atoms with van der Waals surface area (Å²) in [6.45, 7) is 2.86. The van der Waals surface area contributed by atoms with Gasteiger partial charge in [-0.15, -0.1) is 0 Å². The molecule has 2 heterocycles. The molecule has 0 saturated heterocycles. The summed E-state index contributed by atoms with van der Waals surface area (Å²) in [6.07, 6.45) is 0. The van der Waals surface area contributed by atoms with Crippen molar-refractivity contribution in [1.82, 2.24) is 9.78 Å². The number of rotatable bonds is 0. The van der Waals surface area contributed by atoms with Crippen molar-refractivity contribution in [3.8, 4) is 5.88 Å². The Kier molecular flexibility index (Phi) is 1.20. The third-order valence-corrected chi connectivity index (χ3v) is 2.44. The molecule has 0 spiro atoms. The standard InChI is InChI=1S/C10H10N2O/c1-7-6-13-10-8-4-2-3-5-9(8)11-12(7)10/h2-5,7H,6H2,1H3/t7-/m0/s1. The molecular weight excluding hydrogens is 164 g/mol. The molecule has 0 saturated carbocycles. The molecule has 0 radical (unpaired) electrons. The number of benzene rings is 1. The maximum Gasteiger partial charge on any atom is 0.220 e. The fraction of sp³-hybridized carbons (Fsp3) is 0.300. The van der Waals surface area contributed by atoms with E-state index in [1.54, 1.807) is 0 Å². The van der Waals surface area contributed by atoms with Crippen molar-refractivity contribution in [2.45, 2.75) is 13.0 Å². The maximum atomic E-state index is 5.56. The van der Waals surface area contributed by atoms with E-state index in [1.165, 1.54) is 0 Å². The van der Waals surface area contributed by atoms with E-state index >= 15 is 0 Å². The lowest BCUT2D eigenvalue weighted by Crippen LogP contribution is -2.03. The summed E-state index contributed by atoms with van der Waals surface area (Å²) < 4.78 is 7.53. The highest BCUT2D eigenvalue weighted by atomic mass is 16.5. The summed E-state index contributed by atoms with van der Waals surface area (Å²) in [5.74, 6) is 0.920. The van der Waals surface area contributed by atoms with E-state index < -0.39 is 0 Å². The zero-order valence-electron chi connectivity index (χ0n) is 7.40. The minimum atomic E-state index is 0.363. The predicted molar refractivity (Wildman–Crippen MR) is 49.9 cm³/mol. The molecule has 1 aliphatic heterocycles. The average molecular weight is 174 g/mol. The van der Waals surface area contributed by atoms with Crippen LogP contribution in [0.3, 0.4) is 0 Å². The van der Waals surface area contributed by atoms with Crippen molar-refractivity contribution < 1.29 is 4.74 Å². The average Bonchev–Trinajstić information content (AvgIpc) is 2.67. The molecule has 0 aliphatic carbocycles. The second-order valence-electron chi connectivity index (χ2n) is 3.43. The zero-order valence-corrected chi connectivity index (χ0v) is 7.40. The number of fused-ring (bicyclic) bond motifs is 3. The van der Waals surface area contributed by atoms with E-state index in [4.69, 9.17) is 4.74 Å². The molecule has 0 amide bonds. The predicted octanol–water partition coefficient (Wildman–Crippen LogP) is 1.99. The number of hydrogen-bond donors (Lipinski definition) is 0. The molecule has 3 rings (SSSR count). The van der Waals surface area contributed by atoms with E-state index in [9.17, 15) is 0 Å². The molecule has 66 valence electrons. The first-order valence-electron chi connectivity index (χ1n) is 4.46. The number of aromatic nitrogens is 2. The summed E-state index contributed by atoms with van der Waals surface area (Å²) in [6, 6.07) is 8.43. The molecule has 0 unspecified atom stereocenters. The lowest BCUT2D eigenvalue weighted by atomic mass is 10.2. The van der Waals surface area contributed by atoms with Crippen LogP contribution in [0.5, 0.6) is 5.88 Å². The fourth-order valence-corrected chi connectivity index (χ4v) is 1.74. The third-order valence-electron chi connectivity index (χ3n) is 2.44. The van der Waals surface area contributed by atoms with Gasteiger partial charge in [0.1, 0.15) is 6.61 Å². The largest absolute Gasteiger partial charge is 0.475 e. The van der Waals surface area contributed by atoms with Crippen molar-refractivity contribution in [3.63, 3.8) is 0 Å². The van der Waals surface area contributed by atoms with Crippen LogP contribution < -0.4 is 4.74 Å². The molecule has 13 heavy (non-hydrogen) atoms. The van der Waals surface area contributed by atoms with Crippen molar-refractivity contribution >= 4 is 10.9 Å². The van der Waals surface area contributed by atoms with Crippen LogP contribution in [-0.4, -0.2) is 16.4 Å². The molecule has 1 atom stereocenters. The molecule has 1 aromatic carbocycles. The molecule has 1 aromatic heterocycles. The minimum absolute atomic E-state index is 0.363. The van der Waals surface area contributed by atoms with Gasteiger partial charge >= 0.3 is 0 Å². The van der Waals surface area contributed by atoms with E-state index in [2.05, 4.69) is 12.0 Å². The Hall–Kier alpha value is -1.51. The maximum absolute atomic E-state index is 5.56. The Morgan fingerprint density at radius 1 is 1.46 bits per heavy atom. The van der Waals surface area contributed by atoms with Crippen LogP contribution in [0.2, 0.25) is 0 Å². The quantitative estimate of drug-likeness (QED) is 0.610. The topological polar surface area (TPSA) is 27.1 Å². The highest BCUT2D eigenvalue weighted by molar-refractivity contribution is 5.84. The second kappa shape index (κ2) is 2.25. The van der Waals surface area contributed by atoms with Gasteiger partial charge in [0.05, 0.1) is 16.9 Å². The van der Waals surface area contributed by atoms with E-state index in [0.717, 1.165) is 23.4 Å². The van der Waals surface area contributed by atoms with E-state index in [-0.39, 0.29) is 0 Å². The van der Waals surface area contributed by atoms with Crippen LogP contribution in [-0.2, 0) is 0 Å². The summed E-state index contributed by atoms with van der Waals surface area (Å²) in [7, 11) is 0. The number of nitrogens with zero attached hydrogens (tertiary/aromatic N) is 2. The van der Waals surface area contributed by atoms with Crippen molar-refractivity contribution in [2.75, 3.05) is 6.61 Å². The highest BCUT2D eigenvalue weighted by Gasteiger charge is 2.23. The number of ether oxygens (including phenoxy) is 1. The van der Waals surface area contributed by atoms with Gasteiger partial charge in [-0.25, -0.2) is 4.68 Å². The van der Waals surface area contributed by atoms with Crippen LogP contribution >= 0.6 is 0 Å². The third kappa shape index (κ3) is 0.813. The summed E-state index contributed by atoms with van der Waals surface area (Å²) in [5, 5.41) is 5.58. The van der Waals surface area contributed by atoms with Gasteiger partial charge in [0.2, 0.25) is 5.88 Å². The summed E-state index contributed by atoms with van der Waals surface area (Å²) in [4.78, 5) is 0. The molecule has 3 nitrogen and oxygen atoms in total. The molecule has 0 bridgehead atoms. The van der Waals surface area contributed by atoms with Crippen LogP contribution in [0.15, 0.2) is 24.3 Å². The van der Waals surface area contributed by atoms with Gasteiger partial charge in [-0.2, -0.15) is 5.10 Å². The van der Waals surface area contributed by atoms with Gasteiger partial charge < -0.3 is 4.74 Å². The van der Waals surface area contributed by atoms with Crippen molar-refractivity contribution in [2.24, 2.45) is 0 Å². The smallest absolute Gasteiger partial charge is 0.220 e. The first-order valence-corrected chi connectivity index (χ1v) is 4.46. The first kappa shape index (κ1) is 6.95. The number of hydrogen-bond acceptors (Lipinski definition) is 2. The molecule has 3 heteroatoms. The van der Waals surface area contributed by atoms with Gasteiger partial charge in [-0.3, -0.25) is 0 Å². The Morgan fingerprint density at radius 2 is 2.31 bits per heavy atom. The lowest BCUT2D eigenvalue weighted by Gasteiger charge is -1.97. The minimum Gasteiger partial charge on any atom is -0.475 e. The van der Waals surface area contributed by atoms with Gasteiger partial charge in [-0.1, -0.05) is 12.1 Å². The zero-order chi connectivity index (χ0) is 8.84. The normalized spacial score (nSPS) is 20.2. The summed E-state index contributed by atoms with van der Waals surface area (Å²) in [5.41, 5.74) is 1.02. The summed E-state index contributed by atoms with van der Waals surface area (Å²) >= 11 is 0. The van der Waals surface area contributed by atoms with Gasteiger partial charge in [-0.05, 0) is 19.1 Å². The Balaban J connectivity index is 2.38. The Morgan fingerprint density at radius 3 is 3.23 bits per heavy atom. The van der Waals surface area contributed by atoms with Crippen LogP contribution in [0.4, 0.5) is 0 Å².